The Morgan fingerprint density at radius 2 is 2.00 bits per heavy atom. The third kappa shape index (κ3) is 2.76. The van der Waals surface area contributed by atoms with Gasteiger partial charge in [-0.25, -0.2) is 0 Å². The number of fused-ring (bicyclic) bond motifs is 1. The normalized spacial score (nSPS) is 22.3. The second-order valence-electron chi connectivity index (χ2n) is 7.45. The van der Waals surface area contributed by atoms with Crippen molar-refractivity contribution in [2.45, 2.75) is 62.2 Å². The minimum atomic E-state index is 0.167. The van der Waals surface area contributed by atoms with Gasteiger partial charge in [-0.3, -0.25) is 4.79 Å². The summed E-state index contributed by atoms with van der Waals surface area (Å²) in [6.45, 7) is 2.13. The summed E-state index contributed by atoms with van der Waals surface area (Å²) in [6.07, 6.45) is 5.84. The molecule has 1 aromatic carbocycles. The van der Waals surface area contributed by atoms with Gasteiger partial charge < -0.3 is 9.47 Å². The second-order valence-corrected chi connectivity index (χ2v) is 8.39. The molecule has 1 aliphatic heterocycles. The number of amides is 1. The fourth-order valence-corrected chi connectivity index (χ4v) is 4.70. The molecule has 6 heteroatoms. The van der Waals surface area contributed by atoms with E-state index in [2.05, 4.69) is 33.8 Å². The summed E-state index contributed by atoms with van der Waals surface area (Å²) in [5.41, 5.74) is 2.34. The summed E-state index contributed by atoms with van der Waals surface area (Å²) in [5, 5.41) is 9.77. The predicted octanol–water partition coefficient (Wildman–Crippen LogP) is 3.56. The molecule has 2 aliphatic carbocycles. The third-order valence-electron chi connectivity index (χ3n) is 5.35. The Balaban J connectivity index is 1.33. The summed E-state index contributed by atoms with van der Waals surface area (Å²) in [6, 6.07) is 9.03. The number of nitrogens with zero attached hydrogens (tertiary/aromatic N) is 4. The van der Waals surface area contributed by atoms with Crippen LogP contribution in [0.1, 0.15) is 56.0 Å². The molecule has 0 unspecified atom stereocenters. The van der Waals surface area contributed by atoms with Gasteiger partial charge in [-0.05, 0) is 50.7 Å². The van der Waals surface area contributed by atoms with Gasteiger partial charge in [0, 0.05) is 23.7 Å². The molecule has 1 aromatic heterocycles. The van der Waals surface area contributed by atoms with Crippen molar-refractivity contribution in [1.29, 1.82) is 0 Å². The van der Waals surface area contributed by atoms with Crippen molar-refractivity contribution in [3.8, 4) is 0 Å². The van der Waals surface area contributed by atoms with Crippen molar-refractivity contribution in [2.24, 2.45) is 0 Å². The van der Waals surface area contributed by atoms with Crippen LogP contribution in [0.25, 0.3) is 0 Å². The van der Waals surface area contributed by atoms with E-state index in [0.29, 0.717) is 17.7 Å². The van der Waals surface area contributed by atoms with Gasteiger partial charge >= 0.3 is 0 Å². The first kappa shape index (κ1) is 15.4. The van der Waals surface area contributed by atoms with E-state index in [9.17, 15) is 4.79 Å². The topological polar surface area (TPSA) is 51.0 Å². The van der Waals surface area contributed by atoms with Crippen LogP contribution in [0.2, 0.25) is 0 Å². The first-order chi connectivity index (χ1) is 12.2. The Morgan fingerprint density at radius 1 is 1.20 bits per heavy atom. The lowest BCUT2D eigenvalue weighted by Crippen LogP contribution is -2.37. The highest BCUT2D eigenvalue weighted by atomic mass is 32.2. The van der Waals surface area contributed by atoms with Crippen LogP contribution in [0.4, 0.5) is 5.69 Å². The van der Waals surface area contributed by atoms with Crippen molar-refractivity contribution < 1.29 is 4.79 Å². The number of hydrogen-bond donors (Lipinski definition) is 0. The lowest BCUT2D eigenvalue weighted by Gasteiger charge is -2.22. The molecular formula is C19H22N4OS. The summed E-state index contributed by atoms with van der Waals surface area (Å²) in [7, 11) is 0. The first-order valence-corrected chi connectivity index (χ1v) is 10.2. The van der Waals surface area contributed by atoms with Gasteiger partial charge in [-0.1, -0.05) is 30.0 Å². The molecule has 5 rings (SSSR count). The van der Waals surface area contributed by atoms with E-state index in [1.54, 1.807) is 11.8 Å². The smallest absolute Gasteiger partial charge is 0.237 e. The molecule has 0 bridgehead atoms. The van der Waals surface area contributed by atoms with Gasteiger partial charge in [-0.2, -0.15) is 0 Å². The maximum Gasteiger partial charge on any atom is 0.237 e. The van der Waals surface area contributed by atoms with E-state index in [1.807, 2.05) is 17.0 Å². The Kier molecular flexibility index (Phi) is 3.62. The number of hydrogen-bond acceptors (Lipinski definition) is 4. The lowest BCUT2D eigenvalue weighted by molar-refractivity contribution is -0.116. The van der Waals surface area contributed by atoms with E-state index < -0.39 is 0 Å². The van der Waals surface area contributed by atoms with Crippen LogP contribution < -0.4 is 4.90 Å². The average Bonchev–Trinajstić information content (AvgIpc) is 3.54. The van der Waals surface area contributed by atoms with E-state index in [-0.39, 0.29) is 11.9 Å². The highest BCUT2D eigenvalue weighted by Crippen LogP contribution is 2.46. The third-order valence-corrected chi connectivity index (χ3v) is 6.27. The van der Waals surface area contributed by atoms with Crippen LogP contribution in [0, 0.1) is 0 Å². The number of para-hydroxylation sites is 1. The molecule has 5 nitrogen and oxygen atoms in total. The predicted molar refractivity (Wildman–Crippen MR) is 98.1 cm³/mol. The Bertz CT molecular complexity index is 825. The zero-order valence-electron chi connectivity index (χ0n) is 14.4. The molecule has 2 fully saturated rings. The summed E-state index contributed by atoms with van der Waals surface area (Å²) >= 11 is 1.55. The number of carbonyl (C=O) groups is 1. The van der Waals surface area contributed by atoms with Gasteiger partial charge in [0.25, 0.3) is 0 Å². The van der Waals surface area contributed by atoms with Gasteiger partial charge in [0.05, 0.1) is 5.75 Å². The molecular weight excluding hydrogens is 332 g/mol. The summed E-state index contributed by atoms with van der Waals surface area (Å²) < 4.78 is 2.32. The standard InChI is InChI=1S/C19H22N4OS/c1-12-10-14-4-2-3-5-16(14)22(12)17(24)11-25-19-21-20-18(13-6-7-13)23(19)15-8-9-15/h2-5,12-13,15H,6-11H2,1H3/t12-/m0/s1. The van der Waals surface area contributed by atoms with Crippen LogP contribution in [-0.2, 0) is 11.2 Å². The molecule has 0 saturated heterocycles. The van der Waals surface area contributed by atoms with Gasteiger partial charge in [0.1, 0.15) is 5.82 Å². The monoisotopic (exact) mass is 354 g/mol. The van der Waals surface area contributed by atoms with E-state index >= 15 is 0 Å². The molecule has 2 heterocycles. The van der Waals surface area contributed by atoms with Crippen molar-refractivity contribution in [3.05, 3.63) is 35.7 Å². The maximum absolute atomic E-state index is 12.9. The number of carbonyl (C=O) groups excluding carboxylic acids is 1. The maximum atomic E-state index is 12.9. The fraction of sp³-hybridized carbons (Fsp3) is 0.526. The molecule has 2 saturated carbocycles. The molecule has 3 aliphatic rings. The Morgan fingerprint density at radius 3 is 2.76 bits per heavy atom. The Labute approximate surface area is 151 Å². The number of benzene rings is 1. The number of anilines is 1. The van der Waals surface area contributed by atoms with Gasteiger partial charge in [0.15, 0.2) is 5.16 Å². The van der Waals surface area contributed by atoms with Gasteiger partial charge in [-0.15, -0.1) is 10.2 Å². The zero-order valence-corrected chi connectivity index (χ0v) is 15.2. The number of thioether (sulfide) groups is 1. The minimum Gasteiger partial charge on any atom is -0.308 e. The summed E-state index contributed by atoms with van der Waals surface area (Å²) in [5.74, 6) is 2.34. The zero-order chi connectivity index (χ0) is 17.0. The number of aromatic nitrogens is 3. The molecule has 25 heavy (non-hydrogen) atoms. The highest BCUT2D eigenvalue weighted by Gasteiger charge is 2.37. The largest absolute Gasteiger partial charge is 0.308 e. The molecule has 0 radical (unpaired) electrons. The lowest BCUT2D eigenvalue weighted by atomic mass is 10.1. The number of rotatable bonds is 5. The van der Waals surface area contributed by atoms with E-state index in [0.717, 1.165) is 23.1 Å². The van der Waals surface area contributed by atoms with E-state index in [1.165, 1.54) is 31.2 Å². The Hall–Kier alpha value is -1.82. The van der Waals surface area contributed by atoms with Crippen molar-refractivity contribution in [1.82, 2.24) is 14.8 Å². The van der Waals surface area contributed by atoms with Crippen LogP contribution in [0.15, 0.2) is 29.4 Å². The fourth-order valence-electron chi connectivity index (χ4n) is 3.82. The SMILES string of the molecule is C[C@H]1Cc2ccccc2N1C(=O)CSc1nnc(C2CC2)n1C1CC1. The van der Waals surface area contributed by atoms with Crippen LogP contribution in [-0.4, -0.2) is 32.5 Å². The van der Waals surface area contributed by atoms with E-state index in [4.69, 9.17) is 0 Å². The van der Waals surface area contributed by atoms with Crippen molar-refractivity contribution in [2.75, 3.05) is 10.7 Å². The highest BCUT2D eigenvalue weighted by molar-refractivity contribution is 7.99. The van der Waals surface area contributed by atoms with Crippen LogP contribution in [0.5, 0.6) is 0 Å². The van der Waals surface area contributed by atoms with Crippen LogP contribution >= 0.6 is 11.8 Å². The molecule has 0 spiro atoms. The average molecular weight is 354 g/mol. The molecule has 130 valence electrons. The van der Waals surface area contributed by atoms with Gasteiger partial charge in [0.2, 0.25) is 5.91 Å². The first-order valence-electron chi connectivity index (χ1n) is 9.20. The van der Waals surface area contributed by atoms with Crippen molar-refractivity contribution in [3.63, 3.8) is 0 Å². The minimum absolute atomic E-state index is 0.167. The second kappa shape index (κ2) is 5.87. The molecule has 2 aromatic rings. The van der Waals surface area contributed by atoms with Crippen LogP contribution in [0.3, 0.4) is 0 Å². The van der Waals surface area contributed by atoms with Crippen molar-refractivity contribution >= 4 is 23.4 Å². The molecule has 1 atom stereocenters. The summed E-state index contributed by atoms with van der Waals surface area (Å²) in [4.78, 5) is 14.8. The molecule has 0 N–H and O–H groups in total. The molecule has 1 amide bonds. The quantitative estimate of drug-likeness (QED) is 0.771.